The van der Waals surface area contributed by atoms with Crippen LogP contribution in [-0.2, 0) is 9.59 Å². The molecule has 0 fully saturated rings. The molecule has 0 spiro atoms. The predicted molar refractivity (Wildman–Crippen MR) is 90.1 cm³/mol. The minimum absolute atomic E-state index is 0.237. The van der Waals surface area contributed by atoms with E-state index in [2.05, 4.69) is 0 Å². The van der Waals surface area contributed by atoms with E-state index in [1.807, 2.05) is 5.32 Å². The van der Waals surface area contributed by atoms with Gasteiger partial charge in [0.1, 0.15) is 0 Å². The van der Waals surface area contributed by atoms with Gasteiger partial charge >= 0.3 is 5.97 Å². The van der Waals surface area contributed by atoms with E-state index in [0.29, 0.717) is 17.1 Å². The maximum Gasteiger partial charge on any atom is 0.331 e. The molecule has 26 heavy (non-hydrogen) atoms. The van der Waals surface area contributed by atoms with Crippen LogP contribution in [0.1, 0.15) is 12.0 Å². The van der Waals surface area contributed by atoms with E-state index in [-0.39, 0.29) is 5.57 Å². The molecular weight excluding hydrogens is 348 g/mol. The highest BCUT2D eigenvalue weighted by atomic mass is 19.1. The molecule has 0 aromatic heterocycles. The number of carbonyl (C=O) groups excluding carboxylic acids is 1. The van der Waals surface area contributed by atoms with E-state index in [9.17, 15) is 18.4 Å². The summed E-state index contributed by atoms with van der Waals surface area (Å²) >= 11 is 0. The second kappa shape index (κ2) is 7.81. The van der Waals surface area contributed by atoms with Crippen molar-refractivity contribution in [1.29, 1.82) is 0 Å². The van der Waals surface area contributed by atoms with E-state index in [0.717, 1.165) is 18.2 Å². The first-order chi connectivity index (χ1) is 12.3. The van der Waals surface area contributed by atoms with Gasteiger partial charge in [-0.2, -0.15) is 0 Å². The van der Waals surface area contributed by atoms with Gasteiger partial charge in [-0.05, 0) is 29.8 Å². The fourth-order valence-corrected chi connectivity index (χ4v) is 2.35. The number of allylic oxidation sites excluding steroid dienone is 2. The van der Waals surface area contributed by atoms with Gasteiger partial charge in [-0.3, -0.25) is 4.79 Å². The number of rotatable bonds is 6. The number of amides is 1. The summed E-state index contributed by atoms with van der Waals surface area (Å²) in [5.41, 5.74) is 0.0630. The number of aliphatic carboxylic acids is 1. The average molecular weight is 365 g/mol. The third-order valence-corrected chi connectivity index (χ3v) is 3.62. The average Bonchev–Trinajstić information content (AvgIpc) is 2.61. The Morgan fingerprint density at radius 2 is 1.96 bits per heavy atom. The van der Waals surface area contributed by atoms with E-state index in [4.69, 9.17) is 14.6 Å². The minimum atomic E-state index is -2.48. The maximum atomic E-state index is 14.6. The predicted octanol–water partition coefficient (Wildman–Crippen LogP) is 2.77. The Hall–Kier alpha value is -3.16. The molecule has 0 heterocycles. The zero-order valence-corrected chi connectivity index (χ0v) is 14.1. The van der Waals surface area contributed by atoms with Crippen molar-refractivity contribution in [2.45, 2.75) is 12.2 Å². The Morgan fingerprint density at radius 1 is 1.27 bits per heavy atom. The molecule has 1 aliphatic carbocycles. The first-order valence-corrected chi connectivity index (χ1v) is 7.50. The van der Waals surface area contributed by atoms with E-state index < -0.39 is 29.9 Å². The van der Waals surface area contributed by atoms with Crippen molar-refractivity contribution < 1.29 is 33.0 Å². The van der Waals surface area contributed by atoms with Gasteiger partial charge < -0.3 is 19.9 Å². The maximum absolute atomic E-state index is 14.6. The van der Waals surface area contributed by atoms with E-state index in [1.165, 1.54) is 38.5 Å². The Labute approximate surface area is 148 Å². The molecule has 138 valence electrons. The summed E-state index contributed by atoms with van der Waals surface area (Å²) in [6.07, 6.45) is 3.63. The topological polar surface area (TPSA) is 84.9 Å². The molecule has 0 radical (unpaired) electrons. The number of carboxylic acids is 1. The van der Waals surface area contributed by atoms with Crippen molar-refractivity contribution in [3.63, 3.8) is 0 Å². The molecule has 0 saturated heterocycles. The van der Waals surface area contributed by atoms with Crippen molar-refractivity contribution in [2.75, 3.05) is 14.2 Å². The molecule has 1 aromatic carbocycles. The zero-order chi connectivity index (χ0) is 19.3. The van der Waals surface area contributed by atoms with Crippen molar-refractivity contribution >= 4 is 18.0 Å². The van der Waals surface area contributed by atoms with Crippen LogP contribution in [0.2, 0.25) is 0 Å². The largest absolute Gasteiger partial charge is 0.493 e. The number of benzene rings is 1. The van der Waals surface area contributed by atoms with Crippen LogP contribution in [0.25, 0.3) is 6.08 Å². The summed E-state index contributed by atoms with van der Waals surface area (Å²) in [5.74, 6) is -5.58. The fourth-order valence-electron chi connectivity index (χ4n) is 2.35. The quantitative estimate of drug-likeness (QED) is 0.598. The Balaban J connectivity index is 2.15. The number of halogens is 2. The highest BCUT2D eigenvalue weighted by Gasteiger charge is 2.34. The highest BCUT2D eigenvalue weighted by molar-refractivity contribution is 5.96. The van der Waals surface area contributed by atoms with Crippen LogP contribution < -0.4 is 14.8 Å². The Bertz CT molecular complexity index is 816. The summed E-state index contributed by atoms with van der Waals surface area (Å²) in [7, 11) is 2.85. The fraction of sp³-hybridized carbons (Fsp3) is 0.222. The van der Waals surface area contributed by atoms with Crippen LogP contribution in [0.15, 0.2) is 47.8 Å². The number of hydrogen-bond acceptors (Lipinski definition) is 4. The van der Waals surface area contributed by atoms with Gasteiger partial charge in [0.15, 0.2) is 17.3 Å². The van der Waals surface area contributed by atoms with E-state index in [1.54, 1.807) is 0 Å². The standard InChI is InChI=1S/C18H17F2NO5/c1-25-14-6-5-11(9-15(14)26-2)8-13(19)16(22)21-18(20)7-3-4-12(10-18)17(23)24/h3-9H,10H2,1-2H3,(H,21,22)(H,23,24). The lowest BCUT2D eigenvalue weighted by atomic mass is 9.98. The van der Waals surface area contributed by atoms with Crippen molar-refractivity contribution in [1.82, 2.24) is 5.32 Å². The summed E-state index contributed by atoms with van der Waals surface area (Å²) in [6.45, 7) is 0. The van der Waals surface area contributed by atoms with Gasteiger partial charge in [0, 0.05) is 12.0 Å². The molecule has 0 aliphatic heterocycles. The van der Waals surface area contributed by atoms with Crippen molar-refractivity contribution in [3.8, 4) is 11.5 Å². The van der Waals surface area contributed by atoms with Crippen LogP contribution in [-0.4, -0.2) is 37.0 Å². The molecule has 1 unspecified atom stereocenters. The zero-order valence-electron chi connectivity index (χ0n) is 14.1. The van der Waals surface area contributed by atoms with Gasteiger partial charge in [-0.25, -0.2) is 13.6 Å². The highest BCUT2D eigenvalue weighted by Crippen LogP contribution is 2.29. The monoisotopic (exact) mass is 365 g/mol. The second-order valence-electron chi connectivity index (χ2n) is 5.46. The third kappa shape index (κ3) is 4.47. The molecular formula is C18H17F2NO5. The molecule has 2 N–H and O–H groups in total. The number of nitrogens with one attached hydrogen (secondary N) is 1. The normalized spacial score (nSPS) is 19.5. The summed E-state index contributed by atoms with van der Waals surface area (Å²) < 4.78 is 38.9. The lowest BCUT2D eigenvalue weighted by Gasteiger charge is -2.25. The molecule has 1 atom stereocenters. The number of hydrogen-bond donors (Lipinski definition) is 2. The number of carbonyl (C=O) groups is 2. The summed E-state index contributed by atoms with van der Waals surface area (Å²) in [4.78, 5) is 22.9. The van der Waals surface area contributed by atoms with Gasteiger partial charge in [-0.15, -0.1) is 0 Å². The summed E-state index contributed by atoms with van der Waals surface area (Å²) in [5, 5.41) is 10.8. The first kappa shape index (κ1) is 19.2. The van der Waals surface area contributed by atoms with E-state index >= 15 is 0 Å². The lowest BCUT2D eigenvalue weighted by molar-refractivity contribution is -0.133. The molecule has 0 saturated carbocycles. The van der Waals surface area contributed by atoms with Crippen LogP contribution in [0.5, 0.6) is 11.5 Å². The second-order valence-corrected chi connectivity index (χ2v) is 5.46. The molecule has 8 heteroatoms. The molecule has 0 bridgehead atoms. The van der Waals surface area contributed by atoms with Crippen LogP contribution in [0, 0.1) is 0 Å². The molecule has 6 nitrogen and oxygen atoms in total. The summed E-state index contributed by atoms with van der Waals surface area (Å²) in [6, 6.07) is 4.47. The van der Waals surface area contributed by atoms with Crippen LogP contribution in [0.3, 0.4) is 0 Å². The van der Waals surface area contributed by atoms with Gasteiger partial charge in [0.25, 0.3) is 5.91 Å². The lowest BCUT2D eigenvalue weighted by Crippen LogP contribution is -2.45. The van der Waals surface area contributed by atoms with Crippen molar-refractivity contribution in [2.24, 2.45) is 0 Å². The third-order valence-electron chi connectivity index (χ3n) is 3.62. The Kier molecular flexibility index (Phi) is 5.76. The Morgan fingerprint density at radius 3 is 2.58 bits per heavy atom. The molecule has 2 rings (SSSR count). The number of methoxy groups -OCH3 is 2. The first-order valence-electron chi connectivity index (χ1n) is 7.50. The molecule has 1 aliphatic rings. The van der Waals surface area contributed by atoms with Gasteiger partial charge in [0.2, 0.25) is 5.79 Å². The van der Waals surface area contributed by atoms with Crippen LogP contribution in [0.4, 0.5) is 8.78 Å². The molecule has 1 amide bonds. The SMILES string of the molecule is COc1ccc(C=C(F)C(=O)NC2(F)C=CC=C(C(=O)O)C2)cc1OC. The molecule has 1 aromatic rings. The van der Waals surface area contributed by atoms with Crippen molar-refractivity contribution in [3.05, 3.63) is 53.4 Å². The number of ether oxygens (including phenoxy) is 2. The number of alkyl halides is 1. The van der Waals surface area contributed by atoms with Crippen LogP contribution >= 0.6 is 0 Å². The van der Waals surface area contributed by atoms with Gasteiger partial charge in [0.05, 0.1) is 14.2 Å². The number of carboxylic acid groups (broad SMARTS) is 1. The van der Waals surface area contributed by atoms with Gasteiger partial charge in [-0.1, -0.05) is 18.2 Å². The minimum Gasteiger partial charge on any atom is -0.493 e. The smallest absolute Gasteiger partial charge is 0.331 e.